The number of aromatic nitrogens is 1. The summed E-state index contributed by atoms with van der Waals surface area (Å²) >= 11 is 0. The van der Waals surface area contributed by atoms with Crippen LogP contribution in [0.5, 0.6) is 0 Å². The minimum atomic E-state index is -1.05. The first kappa shape index (κ1) is 16.5. The van der Waals surface area contributed by atoms with Crippen molar-refractivity contribution < 1.29 is 24.2 Å². The monoisotopic (exact) mass is 319 g/mol. The molecule has 8 nitrogen and oxygen atoms in total. The second kappa shape index (κ2) is 7.39. The molecule has 1 aromatic heterocycles. The highest BCUT2D eigenvalue weighted by Gasteiger charge is 2.24. The first-order chi connectivity index (χ1) is 11.0. The number of esters is 1. The van der Waals surface area contributed by atoms with E-state index in [1.54, 1.807) is 13.0 Å². The van der Waals surface area contributed by atoms with Crippen molar-refractivity contribution in [2.75, 3.05) is 18.5 Å². The van der Waals surface area contributed by atoms with Crippen molar-refractivity contribution in [2.24, 2.45) is 0 Å². The topological polar surface area (TPSA) is 109 Å². The average molecular weight is 319 g/mol. The molecular weight excluding hydrogens is 302 g/mol. The fourth-order valence-corrected chi connectivity index (χ4v) is 2.12. The predicted molar refractivity (Wildman–Crippen MR) is 81.6 cm³/mol. The highest BCUT2D eigenvalue weighted by Crippen LogP contribution is 2.22. The normalized spacial score (nSPS) is 13.6. The Kier molecular flexibility index (Phi) is 5.29. The van der Waals surface area contributed by atoms with Gasteiger partial charge in [0.2, 0.25) is 0 Å². The average Bonchev–Trinajstić information content (AvgIpc) is 2.51. The van der Waals surface area contributed by atoms with Crippen LogP contribution in [0.25, 0.3) is 6.08 Å². The number of anilines is 1. The lowest BCUT2D eigenvalue weighted by molar-refractivity contribution is -0.143. The maximum Gasteiger partial charge on any atom is 0.328 e. The number of nitrogens with one attached hydrogen (secondary N) is 1. The molecule has 122 valence electrons. The van der Waals surface area contributed by atoms with Gasteiger partial charge in [0.25, 0.3) is 0 Å². The molecule has 0 aliphatic carbocycles. The molecule has 2 rings (SSSR count). The lowest BCUT2D eigenvalue weighted by Gasteiger charge is -2.28. The standard InChI is InChI=1S/C15H17N3O5/c1-2-23-13(21)5-6-18-9-11-7-10(3-4-12(19)20)8-16-14(11)17-15(18)22/h3-4,7-8H,2,5-6,9H2,1H3,(H,19,20)(H,16,17,22). The highest BCUT2D eigenvalue weighted by atomic mass is 16.5. The summed E-state index contributed by atoms with van der Waals surface area (Å²) in [5, 5.41) is 11.3. The lowest BCUT2D eigenvalue weighted by atomic mass is 10.1. The molecule has 0 unspecified atom stereocenters. The Balaban J connectivity index is 2.07. The molecule has 0 aromatic carbocycles. The molecule has 0 fully saturated rings. The first-order valence-corrected chi connectivity index (χ1v) is 7.11. The molecule has 0 saturated carbocycles. The van der Waals surface area contributed by atoms with Gasteiger partial charge >= 0.3 is 18.0 Å². The van der Waals surface area contributed by atoms with Crippen LogP contribution in [-0.2, 0) is 20.9 Å². The Morgan fingerprint density at radius 1 is 1.52 bits per heavy atom. The third-order valence-corrected chi connectivity index (χ3v) is 3.17. The number of pyridine rings is 1. The Labute approximate surface area is 132 Å². The van der Waals surface area contributed by atoms with Crippen LogP contribution in [0.3, 0.4) is 0 Å². The zero-order chi connectivity index (χ0) is 16.8. The second-order valence-corrected chi connectivity index (χ2v) is 4.85. The summed E-state index contributed by atoms with van der Waals surface area (Å²) in [6, 6.07) is 1.42. The predicted octanol–water partition coefficient (Wildman–Crippen LogP) is 1.48. The fraction of sp³-hybridized carbons (Fsp3) is 0.333. The maximum absolute atomic E-state index is 12.0. The second-order valence-electron chi connectivity index (χ2n) is 4.85. The van der Waals surface area contributed by atoms with E-state index in [2.05, 4.69) is 10.3 Å². The van der Waals surface area contributed by atoms with Crippen molar-refractivity contribution in [3.05, 3.63) is 29.5 Å². The molecule has 0 saturated heterocycles. The number of amides is 2. The minimum Gasteiger partial charge on any atom is -0.478 e. The third kappa shape index (κ3) is 4.53. The van der Waals surface area contributed by atoms with Gasteiger partial charge in [-0.3, -0.25) is 10.1 Å². The molecule has 0 atom stereocenters. The summed E-state index contributed by atoms with van der Waals surface area (Å²) in [5.41, 5.74) is 1.37. The van der Waals surface area contributed by atoms with Crippen LogP contribution in [-0.4, -0.2) is 46.1 Å². The number of carboxylic acid groups (broad SMARTS) is 1. The van der Waals surface area contributed by atoms with Crippen molar-refractivity contribution in [1.29, 1.82) is 0 Å². The van der Waals surface area contributed by atoms with E-state index in [4.69, 9.17) is 9.84 Å². The van der Waals surface area contributed by atoms with E-state index in [0.29, 0.717) is 24.5 Å². The third-order valence-electron chi connectivity index (χ3n) is 3.17. The molecule has 1 aliphatic heterocycles. The zero-order valence-electron chi connectivity index (χ0n) is 12.6. The maximum atomic E-state index is 12.0. The molecule has 2 N–H and O–H groups in total. The molecule has 2 heterocycles. The number of hydrogen-bond donors (Lipinski definition) is 2. The summed E-state index contributed by atoms with van der Waals surface area (Å²) in [5.74, 6) is -0.968. The summed E-state index contributed by atoms with van der Waals surface area (Å²) in [6.07, 6.45) is 4.04. The summed E-state index contributed by atoms with van der Waals surface area (Å²) in [7, 11) is 0. The number of carbonyl (C=O) groups is 3. The Morgan fingerprint density at radius 2 is 2.30 bits per heavy atom. The van der Waals surface area contributed by atoms with Crippen LogP contribution >= 0.6 is 0 Å². The van der Waals surface area contributed by atoms with Crippen LogP contribution in [0.15, 0.2) is 18.3 Å². The minimum absolute atomic E-state index is 0.114. The van der Waals surface area contributed by atoms with E-state index in [-0.39, 0.29) is 25.0 Å². The molecule has 0 radical (unpaired) electrons. The van der Waals surface area contributed by atoms with E-state index in [1.165, 1.54) is 17.2 Å². The van der Waals surface area contributed by atoms with Crippen molar-refractivity contribution >= 4 is 29.9 Å². The number of urea groups is 1. The summed E-state index contributed by atoms with van der Waals surface area (Å²) < 4.78 is 4.84. The van der Waals surface area contributed by atoms with Gasteiger partial charge in [0, 0.05) is 24.4 Å². The van der Waals surface area contributed by atoms with E-state index < -0.39 is 5.97 Å². The van der Waals surface area contributed by atoms with Crippen molar-refractivity contribution in [2.45, 2.75) is 19.9 Å². The molecule has 2 amide bonds. The van der Waals surface area contributed by atoms with E-state index >= 15 is 0 Å². The van der Waals surface area contributed by atoms with E-state index in [0.717, 1.165) is 11.6 Å². The van der Waals surface area contributed by atoms with Gasteiger partial charge < -0.3 is 14.7 Å². The zero-order valence-corrected chi connectivity index (χ0v) is 12.6. The number of ether oxygens (including phenoxy) is 1. The van der Waals surface area contributed by atoms with Crippen molar-refractivity contribution in [1.82, 2.24) is 9.88 Å². The van der Waals surface area contributed by atoms with E-state index in [1.807, 2.05) is 0 Å². The van der Waals surface area contributed by atoms with E-state index in [9.17, 15) is 14.4 Å². The molecule has 1 aromatic rings. The Hall–Kier alpha value is -2.90. The lowest BCUT2D eigenvalue weighted by Crippen LogP contribution is -2.40. The van der Waals surface area contributed by atoms with Gasteiger partial charge in [-0.15, -0.1) is 0 Å². The molecule has 8 heteroatoms. The van der Waals surface area contributed by atoms with Gasteiger partial charge in [0.15, 0.2) is 0 Å². The van der Waals surface area contributed by atoms with Gasteiger partial charge in [0.1, 0.15) is 5.82 Å². The molecule has 0 bridgehead atoms. The molecule has 1 aliphatic rings. The number of hydrogen-bond acceptors (Lipinski definition) is 5. The van der Waals surface area contributed by atoms with Crippen LogP contribution in [0.1, 0.15) is 24.5 Å². The Bertz CT molecular complexity index is 657. The number of carbonyl (C=O) groups excluding carboxylic acids is 2. The van der Waals surface area contributed by atoms with Crippen LogP contribution in [0.4, 0.5) is 10.6 Å². The van der Waals surface area contributed by atoms with Crippen molar-refractivity contribution in [3.63, 3.8) is 0 Å². The van der Waals surface area contributed by atoms with Crippen LogP contribution < -0.4 is 5.32 Å². The first-order valence-electron chi connectivity index (χ1n) is 7.11. The smallest absolute Gasteiger partial charge is 0.328 e. The summed E-state index contributed by atoms with van der Waals surface area (Å²) in [6.45, 7) is 2.55. The van der Waals surface area contributed by atoms with Gasteiger partial charge in [-0.1, -0.05) is 0 Å². The van der Waals surface area contributed by atoms with Crippen molar-refractivity contribution in [3.8, 4) is 0 Å². The number of fused-ring (bicyclic) bond motifs is 1. The van der Waals surface area contributed by atoms with Gasteiger partial charge in [0.05, 0.1) is 19.6 Å². The van der Waals surface area contributed by atoms with Gasteiger partial charge in [-0.05, 0) is 24.6 Å². The van der Waals surface area contributed by atoms with Gasteiger partial charge in [-0.25, -0.2) is 14.6 Å². The number of rotatable bonds is 6. The molecular formula is C15H17N3O5. The SMILES string of the molecule is CCOC(=O)CCN1Cc2cc(C=CC(=O)O)cnc2NC1=O. The van der Waals surface area contributed by atoms with Crippen LogP contribution in [0, 0.1) is 0 Å². The molecule has 0 spiro atoms. The largest absolute Gasteiger partial charge is 0.478 e. The number of aliphatic carboxylic acids is 1. The highest BCUT2D eigenvalue weighted by molar-refractivity contribution is 5.91. The number of carboxylic acids is 1. The number of nitrogens with zero attached hydrogens (tertiary/aromatic N) is 2. The Morgan fingerprint density at radius 3 is 3.00 bits per heavy atom. The quantitative estimate of drug-likeness (QED) is 0.607. The van der Waals surface area contributed by atoms with Crippen LogP contribution in [0.2, 0.25) is 0 Å². The molecule has 23 heavy (non-hydrogen) atoms. The summed E-state index contributed by atoms with van der Waals surface area (Å²) in [4.78, 5) is 39.5. The fourth-order valence-electron chi connectivity index (χ4n) is 2.12. The van der Waals surface area contributed by atoms with Gasteiger partial charge in [-0.2, -0.15) is 0 Å².